The molecule has 196 valence electrons. The van der Waals surface area contributed by atoms with E-state index in [9.17, 15) is 14.9 Å². The molecular weight excluding hydrogens is 476 g/mol. The predicted molar refractivity (Wildman–Crippen MR) is 147 cm³/mol. The normalized spacial score (nSPS) is 18.7. The molecule has 2 aliphatic rings. The number of rotatable bonds is 6. The zero-order valence-electron chi connectivity index (χ0n) is 21.6. The SMILES string of the molecule is N#CC1(NC(=O)C2(OC(=O)Nc3ccc4ccccc4c3)CCCCC2)CCN(Cc2ccccc2)CC1. The van der Waals surface area contributed by atoms with E-state index in [0.717, 1.165) is 36.6 Å². The number of carbonyl (C=O) groups excluding carboxylic acids is 2. The average Bonchev–Trinajstić information content (AvgIpc) is 2.95. The van der Waals surface area contributed by atoms with E-state index in [-0.39, 0.29) is 5.91 Å². The van der Waals surface area contributed by atoms with Crippen molar-refractivity contribution in [2.45, 2.75) is 62.6 Å². The van der Waals surface area contributed by atoms with E-state index in [1.807, 2.05) is 60.7 Å². The lowest BCUT2D eigenvalue weighted by atomic mass is 9.81. The first-order valence-corrected chi connectivity index (χ1v) is 13.5. The van der Waals surface area contributed by atoms with Crippen molar-refractivity contribution in [1.29, 1.82) is 5.26 Å². The molecule has 5 rings (SSSR count). The first kappa shape index (κ1) is 25.7. The molecule has 2 amide bonds. The summed E-state index contributed by atoms with van der Waals surface area (Å²) in [6.07, 6.45) is 3.88. The van der Waals surface area contributed by atoms with E-state index in [1.165, 1.54) is 5.56 Å². The van der Waals surface area contributed by atoms with E-state index in [4.69, 9.17) is 4.74 Å². The van der Waals surface area contributed by atoms with Crippen LogP contribution in [0, 0.1) is 11.3 Å². The Morgan fingerprint density at radius 3 is 2.26 bits per heavy atom. The third kappa shape index (κ3) is 5.81. The van der Waals surface area contributed by atoms with Gasteiger partial charge >= 0.3 is 6.09 Å². The van der Waals surface area contributed by atoms with Gasteiger partial charge in [-0.05, 0) is 67.0 Å². The molecule has 2 fully saturated rings. The van der Waals surface area contributed by atoms with Crippen molar-refractivity contribution in [3.05, 3.63) is 78.4 Å². The summed E-state index contributed by atoms with van der Waals surface area (Å²) in [5.74, 6) is -0.357. The molecule has 1 aliphatic carbocycles. The topological polar surface area (TPSA) is 94.5 Å². The van der Waals surface area contributed by atoms with Crippen LogP contribution >= 0.6 is 0 Å². The molecule has 0 spiro atoms. The number of nitrogens with zero attached hydrogens (tertiary/aromatic N) is 2. The smallest absolute Gasteiger partial charge is 0.412 e. The number of piperidine rings is 1. The molecule has 0 aromatic heterocycles. The molecule has 7 nitrogen and oxygen atoms in total. The van der Waals surface area contributed by atoms with Crippen molar-refractivity contribution in [2.75, 3.05) is 18.4 Å². The Bertz CT molecular complexity index is 1320. The van der Waals surface area contributed by atoms with Crippen LogP contribution in [0.1, 0.15) is 50.5 Å². The van der Waals surface area contributed by atoms with Gasteiger partial charge in [-0.3, -0.25) is 15.0 Å². The van der Waals surface area contributed by atoms with Crippen LogP contribution in [0.15, 0.2) is 72.8 Å². The van der Waals surface area contributed by atoms with Gasteiger partial charge in [0.25, 0.3) is 5.91 Å². The summed E-state index contributed by atoms with van der Waals surface area (Å²) in [5, 5.41) is 18.0. The molecule has 38 heavy (non-hydrogen) atoms. The summed E-state index contributed by atoms with van der Waals surface area (Å²) in [6.45, 7) is 2.23. The van der Waals surface area contributed by atoms with Gasteiger partial charge in [-0.1, -0.05) is 67.1 Å². The highest BCUT2D eigenvalue weighted by molar-refractivity contribution is 5.94. The highest BCUT2D eigenvalue weighted by Gasteiger charge is 2.47. The minimum atomic E-state index is -1.27. The van der Waals surface area contributed by atoms with Crippen molar-refractivity contribution >= 4 is 28.5 Å². The minimum absolute atomic E-state index is 0.357. The molecular formula is C31H34N4O3. The predicted octanol–water partition coefficient (Wildman–Crippen LogP) is 5.77. The van der Waals surface area contributed by atoms with Crippen LogP contribution in [0.3, 0.4) is 0 Å². The van der Waals surface area contributed by atoms with Crippen molar-refractivity contribution < 1.29 is 14.3 Å². The van der Waals surface area contributed by atoms with Crippen molar-refractivity contribution in [1.82, 2.24) is 10.2 Å². The third-order valence-electron chi connectivity index (χ3n) is 7.88. The van der Waals surface area contributed by atoms with Gasteiger partial charge in [0, 0.05) is 25.3 Å². The van der Waals surface area contributed by atoms with Crippen LogP contribution in [0.2, 0.25) is 0 Å². The van der Waals surface area contributed by atoms with Gasteiger partial charge in [0.05, 0.1) is 6.07 Å². The van der Waals surface area contributed by atoms with Crippen LogP contribution < -0.4 is 10.6 Å². The molecule has 1 saturated carbocycles. The summed E-state index contributed by atoms with van der Waals surface area (Å²) < 4.78 is 5.91. The number of nitrogens with one attached hydrogen (secondary N) is 2. The summed E-state index contributed by atoms with van der Waals surface area (Å²) in [6, 6.07) is 26.2. The minimum Gasteiger partial charge on any atom is -0.433 e. The quantitative estimate of drug-likeness (QED) is 0.439. The van der Waals surface area contributed by atoms with Crippen molar-refractivity contribution in [2.24, 2.45) is 0 Å². The second-order valence-electron chi connectivity index (χ2n) is 10.5. The largest absolute Gasteiger partial charge is 0.433 e. The Hall–Kier alpha value is -3.89. The highest BCUT2D eigenvalue weighted by atomic mass is 16.6. The van der Waals surface area contributed by atoms with E-state index in [1.54, 1.807) is 0 Å². The Morgan fingerprint density at radius 1 is 0.868 bits per heavy atom. The Morgan fingerprint density at radius 2 is 1.55 bits per heavy atom. The fourth-order valence-corrected chi connectivity index (χ4v) is 5.62. The van der Waals surface area contributed by atoms with Crippen molar-refractivity contribution in [3.8, 4) is 6.07 Å². The van der Waals surface area contributed by atoms with Crippen LogP contribution in [-0.4, -0.2) is 41.1 Å². The molecule has 0 atom stereocenters. The standard InChI is InChI=1S/C31H34N4O3/c32-23-30(17-19-35(20-18-30)22-24-9-3-1-4-10-24)34-28(36)31(15-7-2-8-16-31)38-29(37)33-27-14-13-25-11-5-6-12-26(25)21-27/h1,3-6,9-14,21H,2,7-8,15-20,22H2,(H,33,37)(H,34,36). The number of hydrogen-bond donors (Lipinski definition) is 2. The second kappa shape index (κ2) is 11.2. The molecule has 1 aliphatic heterocycles. The number of hydrogen-bond acceptors (Lipinski definition) is 5. The lowest BCUT2D eigenvalue weighted by Gasteiger charge is -2.41. The summed E-state index contributed by atoms with van der Waals surface area (Å²) in [5.41, 5.74) is -0.399. The van der Waals surface area contributed by atoms with Gasteiger partial charge < -0.3 is 10.1 Å². The zero-order chi connectivity index (χ0) is 26.4. The maximum absolute atomic E-state index is 13.7. The van der Waals surface area contributed by atoms with Crippen LogP contribution in [-0.2, 0) is 16.1 Å². The summed E-state index contributed by atoms with van der Waals surface area (Å²) >= 11 is 0. The van der Waals surface area contributed by atoms with Gasteiger partial charge in [-0.15, -0.1) is 0 Å². The van der Waals surface area contributed by atoms with E-state index >= 15 is 0 Å². The summed E-state index contributed by atoms with van der Waals surface area (Å²) in [7, 11) is 0. The van der Waals surface area contributed by atoms with Gasteiger partial charge in [0.2, 0.25) is 0 Å². The maximum atomic E-state index is 13.7. The molecule has 2 N–H and O–H groups in total. The highest BCUT2D eigenvalue weighted by Crippen LogP contribution is 2.34. The molecule has 1 heterocycles. The Labute approximate surface area is 223 Å². The Balaban J connectivity index is 1.24. The molecule has 0 unspecified atom stereocenters. The number of fused-ring (bicyclic) bond motifs is 1. The summed E-state index contributed by atoms with van der Waals surface area (Å²) in [4.78, 5) is 29.0. The van der Waals surface area contributed by atoms with Crippen LogP contribution in [0.4, 0.5) is 10.5 Å². The van der Waals surface area contributed by atoms with Gasteiger partial charge in [-0.25, -0.2) is 4.79 Å². The van der Waals surface area contributed by atoms with Gasteiger partial charge in [0.1, 0.15) is 5.54 Å². The number of nitriles is 1. The molecule has 7 heteroatoms. The number of ether oxygens (including phenoxy) is 1. The molecule has 1 saturated heterocycles. The number of likely N-dealkylation sites (tertiary alicyclic amines) is 1. The fourth-order valence-electron chi connectivity index (χ4n) is 5.62. The Kier molecular flexibility index (Phi) is 7.62. The monoisotopic (exact) mass is 510 g/mol. The number of anilines is 1. The second-order valence-corrected chi connectivity index (χ2v) is 10.5. The number of benzene rings is 3. The fraction of sp³-hybridized carbons (Fsp3) is 0.387. The molecule has 0 radical (unpaired) electrons. The van der Waals surface area contributed by atoms with E-state index in [2.05, 4.69) is 33.7 Å². The van der Waals surface area contributed by atoms with Gasteiger partial charge in [0.15, 0.2) is 5.60 Å². The zero-order valence-corrected chi connectivity index (χ0v) is 21.6. The number of carbonyl (C=O) groups is 2. The first-order chi connectivity index (χ1) is 18.5. The molecule has 3 aromatic carbocycles. The average molecular weight is 511 g/mol. The first-order valence-electron chi connectivity index (χ1n) is 13.5. The van der Waals surface area contributed by atoms with Crippen molar-refractivity contribution in [3.63, 3.8) is 0 Å². The number of amides is 2. The molecule has 3 aromatic rings. The lowest BCUT2D eigenvalue weighted by molar-refractivity contribution is -0.145. The lowest BCUT2D eigenvalue weighted by Crippen LogP contribution is -2.61. The maximum Gasteiger partial charge on any atom is 0.412 e. The van der Waals surface area contributed by atoms with Crippen LogP contribution in [0.5, 0.6) is 0 Å². The third-order valence-corrected chi connectivity index (χ3v) is 7.88. The van der Waals surface area contributed by atoms with Gasteiger partial charge in [-0.2, -0.15) is 5.26 Å². The van der Waals surface area contributed by atoms with E-state index in [0.29, 0.717) is 44.5 Å². The van der Waals surface area contributed by atoms with E-state index < -0.39 is 17.2 Å². The molecule has 0 bridgehead atoms. The van der Waals surface area contributed by atoms with Crippen LogP contribution in [0.25, 0.3) is 10.8 Å².